The normalized spacial score (nSPS) is 30.2. The third-order valence-electron chi connectivity index (χ3n) is 4.63. The van der Waals surface area contributed by atoms with Crippen molar-refractivity contribution in [3.05, 3.63) is 0 Å². The van der Waals surface area contributed by atoms with Gasteiger partial charge in [0.2, 0.25) is 0 Å². The van der Waals surface area contributed by atoms with Crippen molar-refractivity contribution in [2.75, 3.05) is 26.4 Å². The minimum Gasteiger partial charge on any atom is -0.481 e. The van der Waals surface area contributed by atoms with Gasteiger partial charge in [0.25, 0.3) is 0 Å². The Morgan fingerprint density at radius 3 is 2.63 bits per heavy atom. The van der Waals surface area contributed by atoms with Crippen LogP contribution in [-0.2, 0) is 9.53 Å². The largest absolute Gasteiger partial charge is 0.481 e. The van der Waals surface area contributed by atoms with E-state index in [4.69, 9.17) is 9.84 Å². The summed E-state index contributed by atoms with van der Waals surface area (Å²) in [6.45, 7) is 7.96. The van der Waals surface area contributed by atoms with Crippen LogP contribution in [0.25, 0.3) is 0 Å². The lowest BCUT2D eigenvalue weighted by atomic mass is 9.61. The Morgan fingerprint density at radius 2 is 2.05 bits per heavy atom. The zero-order chi connectivity index (χ0) is 14.5. The molecule has 112 valence electrons. The molecule has 0 heterocycles. The fourth-order valence-corrected chi connectivity index (χ4v) is 3.01. The number of nitrogens with one attached hydrogen (secondary N) is 1. The molecule has 0 aromatic heterocycles. The molecule has 0 aromatic carbocycles. The number of aliphatic hydroxyl groups excluding tert-OH is 1. The van der Waals surface area contributed by atoms with Crippen molar-refractivity contribution in [1.29, 1.82) is 0 Å². The van der Waals surface area contributed by atoms with E-state index in [9.17, 15) is 9.90 Å². The highest BCUT2D eigenvalue weighted by Gasteiger charge is 2.45. The number of carbonyl (C=O) groups is 1. The summed E-state index contributed by atoms with van der Waals surface area (Å²) >= 11 is 0. The Bertz CT molecular complexity index is 293. The van der Waals surface area contributed by atoms with Crippen molar-refractivity contribution in [2.45, 2.75) is 39.7 Å². The van der Waals surface area contributed by atoms with E-state index in [1.165, 1.54) is 0 Å². The van der Waals surface area contributed by atoms with Gasteiger partial charge in [0.1, 0.15) is 0 Å². The molecule has 1 aliphatic rings. The van der Waals surface area contributed by atoms with Gasteiger partial charge >= 0.3 is 5.97 Å². The third kappa shape index (κ3) is 4.16. The average molecular weight is 273 g/mol. The number of aliphatic hydroxyl groups is 1. The number of hydrogen-bond acceptors (Lipinski definition) is 4. The maximum Gasteiger partial charge on any atom is 0.307 e. The Morgan fingerprint density at radius 1 is 1.37 bits per heavy atom. The SMILES string of the molecule is CC1C(NCCOCCO)CCC(C(=O)O)C1(C)C. The standard InChI is InChI=1S/C14H27NO4/c1-10-12(15-6-8-19-9-7-16)5-4-11(13(17)18)14(10,2)3/h10-12,15-16H,4-9H2,1-3H3,(H,17,18). The van der Waals surface area contributed by atoms with Gasteiger partial charge < -0.3 is 20.3 Å². The van der Waals surface area contributed by atoms with Crippen LogP contribution in [0.5, 0.6) is 0 Å². The predicted octanol–water partition coefficient (Wildman–Crippen LogP) is 1.11. The van der Waals surface area contributed by atoms with Crippen LogP contribution in [0.2, 0.25) is 0 Å². The number of hydrogen-bond donors (Lipinski definition) is 3. The number of carboxylic acids is 1. The first-order chi connectivity index (χ1) is 8.91. The Labute approximate surface area is 115 Å². The lowest BCUT2D eigenvalue weighted by molar-refractivity contribution is -0.150. The molecule has 0 aliphatic heterocycles. The van der Waals surface area contributed by atoms with Gasteiger partial charge in [-0.05, 0) is 24.2 Å². The van der Waals surface area contributed by atoms with E-state index in [2.05, 4.69) is 12.2 Å². The molecule has 0 spiro atoms. The third-order valence-corrected chi connectivity index (χ3v) is 4.63. The molecule has 3 N–H and O–H groups in total. The quantitative estimate of drug-likeness (QED) is 0.606. The molecule has 1 saturated carbocycles. The highest BCUT2D eigenvalue weighted by Crippen LogP contribution is 2.44. The van der Waals surface area contributed by atoms with E-state index in [0.717, 1.165) is 19.4 Å². The van der Waals surface area contributed by atoms with Crippen LogP contribution in [0.4, 0.5) is 0 Å². The fourth-order valence-electron chi connectivity index (χ4n) is 3.01. The molecule has 1 aliphatic carbocycles. The van der Waals surface area contributed by atoms with Crippen LogP contribution < -0.4 is 5.32 Å². The van der Waals surface area contributed by atoms with Crippen LogP contribution in [0.3, 0.4) is 0 Å². The number of carboxylic acid groups (broad SMARTS) is 1. The second kappa shape index (κ2) is 7.22. The van der Waals surface area contributed by atoms with E-state index in [1.807, 2.05) is 13.8 Å². The summed E-state index contributed by atoms with van der Waals surface area (Å²) in [6, 6.07) is 0.336. The van der Waals surface area contributed by atoms with E-state index in [1.54, 1.807) is 0 Å². The van der Waals surface area contributed by atoms with Crippen LogP contribution in [0, 0.1) is 17.3 Å². The molecule has 5 nitrogen and oxygen atoms in total. The zero-order valence-corrected chi connectivity index (χ0v) is 12.2. The smallest absolute Gasteiger partial charge is 0.307 e. The van der Waals surface area contributed by atoms with Crippen LogP contribution in [0.15, 0.2) is 0 Å². The molecule has 0 radical (unpaired) electrons. The summed E-state index contributed by atoms with van der Waals surface area (Å²) in [6.07, 6.45) is 1.61. The minimum atomic E-state index is -0.679. The van der Waals surface area contributed by atoms with Gasteiger partial charge in [-0.25, -0.2) is 0 Å². The van der Waals surface area contributed by atoms with Crippen molar-refractivity contribution >= 4 is 5.97 Å². The summed E-state index contributed by atoms with van der Waals surface area (Å²) in [5.41, 5.74) is -0.201. The van der Waals surface area contributed by atoms with Gasteiger partial charge in [-0.2, -0.15) is 0 Å². The van der Waals surface area contributed by atoms with E-state index in [-0.39, 0.29) is 17.9 Å². The minimum absolute atomic E-state index is 0.0488. The van der Waals surface area contributed by atoms with Gasteiger partial charge in [0.15, 0.2) is 0 Å². The maximum atomic E-state index is 11.3. The van der Waals surface area contributed by atoms with E-state index >= 15 is 0 Å². The Kier molecular flexibility index (Phi) is 6.23. The molecule has 3 unspecified atom stereocenters. The van der Waals surface area contributed by atoms with Crippen LogP contribution in [0.1, 0.15) is 33.6 Å². The molecule has 0 amide bonds. The predicted molar refractivity (Wildman–Crippen MR) is 73.0 cm³/mol. The van der Waals surface area contributed by atoms with Gasteiger partial charge in [0.05, 0.1) is 25.7 Å². The summed E-state index contributed by atoms with van der Waals surface area (Å²) < 4.78 is 5.21. The second-order valence-electron chi connectivity index (χ2n) is 5.97. The van der Waals surface area contributed by atoms with Crippen molar-refractivity contribution < 1.29 is 19.7 Å². The van der Waals surface area contributed by atoms with Crippen LogP contribution in [-0.4, -0.2) is 48.6 Å². The lowest BCUT2D eigenvalue weighted by Crippen LogP contribution is -2.51. The highest BCUT2D eigenvalue weighted by molar-refractivity contribution is 5.71. The molecule has 0 aromatic rings. The zero-order valence-electron chi connectivity index (χ0n) is 12.2. The first kappa shape index (κ1) is 16.4. The van der Waals surface area contributed by atoms with E-state index < -0.39 is 5.97 Å². The Balaban J connectivity index is 2.44. The maximum absolute atomic E-state index is 11.3. The van der Waals surface area contributed by atoms with Gasteiger partial charge in [0, 0.05) is 12.6 Å². The first-order valence-corrected chi connectivity index (χ1v) is 7.06. The van der Waals surface area contributed by atoms with Crippen molar-refractivity contribution in [3.8, 4) is 0 Å². The second-order valence-corrected chi connectivity index (χ2v) is 5.97. The molecule has 3 atom stereocenters. The highest BCUT2D eigenvalue weighted by atomic mass is 16.5. The average Bonchev–Trinajstić information content (AvgIpc) is 2.33. The van der Waals surface area contributed by atoms with Gasteiger partial charge in [-0.3, -0.25) is 4.79 Å². The lowest BCUT2D eigenvalue weighted by Gasteiger charge is -2.46. The Hall–Kier alpha value is -0.650. The fraction of sp³-hybridized carbons (Fsp3) is 0.929. The van der Waals surface area contributed by atoms with Crippen molar-refractivity contribution in [1.82, 2.24) is 5.32 Å². The summed E-state index contributed by atoms with van der Waals surface area (Å²) in [4.78, 5) is 11.3. The van der Waals surface area contributed by atoms with Crippen molar-refractivity contribution in [2.24, 2.45) is 17.3 Å². The number of rotatable bonds is 7. The summed E-state index contributed by atoms with van der Waals surface area (Å²) in [5, 5.41) is 21.3. The monoisotopic (exact) mass is 273 g/mol. The summed E-state index contributed by atoms with van der Waals surface area (Å²) in [5.74, 6) is -0.632. The number of aliphatic carboxylic acids is 1. The molecule has 1 rings (SSSR count). The van der Waals surface area contributed by atoms with E-state index in [0.29, 0.717) is 25.2 Å². The van der Waals surface area contributed by atoms with Crippen LogP contribution >= 0.6 is 0 Å². The summed E-state index contributed by atoms with van der Waals surface area (Å²) in [7, 11) is 0. The molecule has 19 heavy (non-hydrogen) atoms. The molecule has 1 fully saturated rings. The van der Waals surface area contributed by atoms with Crippen molar-refractivity contribution in [3.63, 3.8) is 0 Å². The first-order valence-electron chi connectivity index (χ1n) is 7.06. The number of ether oxygens (including phenoxy) is 1. The molecular formula is C14H27NO4. The van der Waals surface area contributed by atoms with Gasteiger partial charge in [-0.15, -0.1) is 0 Å². The molecule has 5 heteroatoms. The topological polar surface area (TPSA) is 78.8 Å². The molecule has 0 bridgehead atoms. The molecular weight excluding hydrogens is 246 g/mol. The molecule has 0 saturated heterocycles. The van der Waals surface area contributed by atoms with Gasteiger partial charge in [-0.1, -0.05) is 20.8 Å².